The molecule has 3 rings (SSSR count). The Balaban J connectivity index is 1.99. The van der Waals surface area contributed by atoms with Gasteiger partial charge in [-0.15, -0.1) is 0 Å². The molecule has 0 heterocycles. The highest BCUT2D eigenvalue weighted by atomic mass is 14.2. The van der Waals surface area contributed by atoms with Gasteiger partial charge in [0.25, 0.3) is 0 Å². The second-order valence-electron chi connectivity index (χ2n) is 6.01. The molecule has 0 spiro atoms. The molecule has 110 valence electrons. The molecule has 0 N–H and O–H groups in total. The van der Waals surface area contributed by atoms with Crippen LogP contribution in [0.3, 0.4) is 0 Å². The summed E-state index contributed by atoms with van der Waals surface area (Å²) in [5.74, 6) is 0.406. The molecule has 22 heavy (non-hydrogen) atoms. The van der Waals surface area contributed by atoms with Crippen LogP contribution in [0.1, 0.15) is 33.7 Å². The quantitative estimate of drug-likeness (QED) is 0.579. The first-order chi connectivity index (χ1) is 10.7. The topological polar surface area (TPSA) is 0 Å². The molecule has 0 amide bonds. The highest BCUT2D eigenvalue weighted by Crippen LogP contribution is 2.29. The van der Waals surface area contributed by atoms with E-state index in [1.807, 2.05) is 0 Å². The van der Waals surface area contributed by atoms with Crippen molar-refractivity contribution >= 4 is 0 Å². The fraction of sp³-hybridized carbons (Fsp3) is 0.182. The van der Waals surface area contributed by atoms with Gasteiger partial charge in [-0.1, -0.05) is 84.4 Å². The van der Waals surface area contributed by atoms with Gasteiger partial charge in [-0.2, -0.15) is 0 Å². The molecule has 0 aliphatic heterocycles. The lowest BCUT2D eigenvalue weighted by Gasteiger charge is -2.19. The molecular weight excluding hydrogens is 264 g/mol. The fourth-order valence-corrected chi connectivity index (χ4v) is 3.09. The van der Waals surface area contributed by atoms with Crippen LogP contribution in [0.4, 0.5) is 0 Å². The van der Waals surface area contributed by atoms with Gasteiger partial charge in [0.1, 0.15) is 0 Å². The van der Waals surface area contributed by atoms with Crippen LogP contribution in [0, 0.1) is 13.8 Å². The first-order valence-corrected chi connectivity index (χ1v) is 7.90. The van der Waals surface area contributed by atoms with Crippen LogP contribution in [-0.4, -0.2) is 0 Å². The van der Waals surface area contributed by atoms with Crippen LogP contribution >= 0.6 is 0 Å². The maximum absolute atomic E-state index is 2.28. The second-order valence-corrected chi connectivity index (χ2v) is 6.01. The first kappa shape index (κ1) is 14.6. The van der Waals surface area contributed by atoms with E-state index >= 15 is 0 Å². The summed E-state index contributed by atoms with van der Waals surface area (Å²) in [7, 11) is 0. The van der Waals surface area contributed by atoms with Crippen molar-refractivity contribution in [3.8, 4) is 0 Å². The second kappa shape index (κ2) is 6.62. The van der Waals surface area contributed by atoms with Gasteiger partial charge >= 0.3 is 0 Å². The summed E-state index contributed by atoms with van der Waals surface area (Å²) >= 11 is 0. The lowest BCUT2D eigenvalue weighted by Crippen LogP contribution is -2.06. The summed E-state index contributed by atoms with van der Waals surface area (Å²) in [6.07, 6.45) is 1.04. The zero-order valence-corrected chi connectivity index (χ0v) is 13.3. The van der Waals surface area contributed by atoms with Crippen molar-refractivity contribution < 1.29 is 0 Å². The van der Waals surface area contributed by atoms with Gasteiger partial charge in [0, 0.05) is 5.92 Å². The molecule has 0 saturated heterocycles. The van der Waals surface area contributed by atoms with Crippen LogP contribution in [0.15, 0.2) is 78.9 Å². The molecule has 0 saturated carbocycles. The molecule has 0 fully saturated rings. The highest BCUT2D eigenvalue weighted by molar-refractivity contribution is 5.38. The Bertz CT molecular complexity index is 687. The van der Waals surface area contributed by atoms with Gasteiger partial charge in [0.2, 0.25) is 0 Å². The Morgan fingerprint density at radius 1 is 0.682 bits per heavy atom. The fourth-order valence-electron chi connectivity index (χ4n) is 3.09. The van der Waals surface area contributed by atoms with Gasteiger partial charge < -0.3 is 0 Å². The van der Waals surface area contributed by atoms with Gasteiger partial charge in [0.15, 0.2) is 0 Å². The molecule has 3 aromatic carbocycles. The zero-order chi connectivity index (χ0) is 15.4. The number of benzene rings is 3. The Labute approximate surface area is 133 Å². The van der Waals surface area contributed by atoms with Crippen LogP contribution in [0.25, 0.3) is 0 Å². The van der Waals surface area contributed by atoms with E-state index in [0.717, 1.165) is 6.42 Å². The predicted molar refractivity (Wildman–Crippen MR) is 94.3 cm³/mol. The summed E-state index contributed by atoms with van der Waals surface area (Å²) in [6, 6.07) is 28.4. The lowest BCUT2D eigenvalue weighted by atomic mass is 9.85. The number of rotatable bonds is 4. The largest absolute Gasteiger partial charge is 0.0622 e. The van der Waals surface area contributed by atoms with Gasteiger partial charge in [0.05, 0.1) is 0 Å². The van der Waals surface area contributed by atoms with Gasteiger partial charge in [-0.05, 0) is 42.5 Å². The molecule has 0 nitrogen and oxygen atoms in total. The van der Waals surface area contributed by atoms with E-state index in [9.17, 15) is 0 Å². The Morgan fingerprint density at radius 3 is 1.73 bits per heavy atom. The maximum Gasteiger partial charge on any atom is 0.0130 e. The average Bonchev–Trinajstić information content (AvgIpc) is 2.56. The van der Waals surface area contributed by atoms with Crippen molar-refractivity contribution in [1.29, 1.82) is 0 Å². The lowest BCUT2D eigenvalue weighted by molar-refractivity contribution is 0.800. The molecule has 0 aromatic heterocycles. The molecule has 0 atom stereocenters. The summed E-state index contributed by atoms with van der Waals surface area (Å²) < 4.78 is 0. The van der Waals surface area contributed by atoms with E-state index in [4.69, 9.17) is 0 Å². The minimum Gasteiger partial charge on any atom is -0.0622 e. The van der Waals surface area contributed by atoms with E-state index < -0.39 is 0 Å². The predicted octanol–water partition coefficient (Wildman–Crippen LogP) is 5.68. The monoisotopic (exact) mass is 286 g/mol. The molecular formula is C22H22. The van der Waals surface area contributed by atoms with Crippen molar-refractivity contribution in [3.05, 3.63) is 107 Å². The van der Waals surface area contributed by atoms with E-state index in [1.165, 1.54) is 27.8 Å². The van der Waals surface area contributed by atoms with Crippen molar-refractivity contribution in [1.82, 2.24) is 0 Å². The van der Waals surface area contributed by atoms with E-state index in [1.54, 1.807) is 0 Å². The van der Waals surface area contributed by atoms with E-state index in [2.05, 4.69) is 92.7 Å². The van der Waals surface area contributed by atoms with Gasteiger partial charge in [-0.3, -0.25) is 0 Å². The number of hydrogen-bond donors (Lipinski definition) is 0. The number of aryl methyl sites for hydroxylation is 2. The van der Waals surface area contributed by atoms with Crippen LogP contribution in [0.2, 0.25) is 0 Å². The Hall–Kier alpha value is -2.34. The molecule has 0 heteroatoms. The van der Waals surface area contributed by atoms with Crippen LogP contribution < -0.4 is 0 Å². The summed E-state index contributed by atoms with van der Waals surface area (Å²) in [4.78, 5) is 0. The third-order valence-corrected chi connectivity index (χ3v) is 4.33. The van der Waals surface area contributed by atoms with E-state index in [0.29, 0.717) is 5.92 Å². The highest BCUT2D eigenvalue weighted by Gasteiger charge is 2.15. The Kier molecular flexibility index (Phi) is 4.39. The molecule has 0 radical (unpaired) electrons. The van der Waals surface area contributed by atoms with Crippen LogP contribution in [-0.2, 0) is 6.42 Å². The van der Waals surface area contributed by atoms with Crippen molar-refractivity contribution in [2.75, 3.05) is 0 Å². The zero-order valence-electron chi connectivity index (χ0n) is 13.3. The minimum absolute atomic E-state index is 0.406. The first-order valence-electron chi connectivity index (χ1n) is 7.90. The summed E-state index contributed by atoms with van der Waals surface area (Å²) in [6.45, 7) is 4.37. The van der Waals surface area contributed by atoms with Crippen molar-refractivity contribution in [2.24, 2.45) is 0 Å². The third kappa shape index (κ3) is 3.28. The minimum atomic E-state index is 0.406. The average molecular weight is 286 g/mol. The smallest absolute Gasteiger partial charge is 0.0130 e. The summed E-state index contributed by atoms with van der Waals surface area (Å²) in [5, 5.41) is 0. The molecule has 0 unspecified atom stereocenters. The SMILES string of the molecule is Cc1ccc(CC(c2ccccc2)c2ccccc2)c(C)c1. The Morgan fingerprint density at radius 2 is 1.23 bits per heavy atom. The van der Waals surface area contributed by atoms with Crippen molar-refractivity contribution in [2.45, 2.75) is 26.2 Å². The standard InChI is InChI=1S/C22H22/c1-17-13-14-21(18(2)15-17)16-22(19-9-5-3-6-10-19)20-11-7-4-8-12-20/h3-15,22H,16H2,1-2H3. The molecule has 0 aliphatic carbocycles. The van der Waals surface area contributed by atoms with E-state index in [-0.39, 0.29) is 0 Å². The molecule has 0 aliphatic rings. The number of hydrogen-bond acceptors (Lipinski definition) is 0. The van der Waals surface area contributed by atoms with Crippen LogP contribution in [0.5, 0.6) is 0 Å². The molecule has 0 bridgehead atoms. The van der Waals surface area contributed by atoms with Crippen molar-refractivity contribution in [3.63, 3.8) is 0 Å². The third-order valence-electron chi connectivity index (χ3n) is 4.33. The normalized spacial score (nSPS) is 10.9. The maximum atomic E-state index is 2.28. The summed E-state index contributed by atoms with van der Waals surface area (Å²) in [5.41, 5.74) is 6.92. The molecule has 3 aromatic rings. The van der Waals surface area contributed by atoms with Gasteiger partial charge in [-0.25, -0.2) is 0 Å².